The monoisotopic (exact) mass is 533 g/mol. The predicted molar refractivity (Wildman–Crippen MR) is 144 cm³/mol. The van der Waals surface area contributed by atoms with Gasteiger partial charge in [-0.15, -0.1) is 0 Å². The first-order chi connectivity index (χ1) is 18.0. The molecule has 218 valence electrons. The van der Waals surface area contributed by atoms with Crippen LogP contribution in [0.5, 0.6) is 0 Å². The number of hydrogen-bond donors (Lipinski definition) is 0. The Labute approximate surface area is 226 Å². The van der Waals surface area contributed by atoms with Crippen LogP contribution in [0, 0.1) is 0 Å². The number of methoxy groups -OCH3 is 6. The Bertz CT molecular complexity index is 488. The maximum atomic E-state index is 6.22. The maximum Gasteiger partial charge on any atom is 0.113 e. The minimum atomic E-state index is -0.546. The van der Waals surface area contributed by atoms with Crippen molar-refractivity contribution in [2.24, 2.45) is 0 Å². The fourth-order valence-corrected chi connectivity index (χ4v) is 4.30. The molecule has 12 heteroatoms. The van der Waals surface area contributed by atoms with Gasteiger partial charge in [0.15, 0.2) is 0 Å². The van der Waals surface area contributed by atoms with Crippen molar-refractivity contribution in [2.75, 3.05) is 141 Å². The van der Waals surface area contributed by atoms with E-state index in [1.807, 2.05) is 0 Å². The summed E-state index contributed by atoms with van der Waals surface area (Å²) < 4.78 is 44.1. The number of ether oxygens (including phenoxy) is 8. The first kappa shape index (κ1) is 34.7. The molecule has 0 saturated carbocycles. The number of nitrogens with zero attached hydrogens (tertiary/aromatic N) is 3. The van der Waals surface area contributed by atoms with Crippen LogP contribution in [0.15, 0.2) is 0 Å². The molecule has 0 aliphatic carbocycles. The first-order valence-corrected chi connectivity index (χ1v) is 13.2. The van der Waals surface area contributed by atoms with Crippen LogP contribution < -0.4 is 0 Å². The van der Waals surface area contributed by atoms with E-state index in [1.165, 1.54) is 0 Å². The highest BCUT2D eigenvalue weighted by Crippen LogP contribution is 2.24. The fraction of sp³-hybridized carbons (Fsp3) is 1.00. The Kier molecular flexibility index (Phi) is 21.0. The molecule has 1 aliphatic heterocycles. The van der Waals surface area contributed by atoms with Gasteiger partial charge >= 0.3 is 0 Å². The molecule has 37 heavy (non-hydrogen) atoms. The second kappa shape index (κ2) is 22.4. The highest BCUT2D eigenvalue weighted by atomic mass is 16.6. The third-order valence-corrected chi connectivity index (χ3v) is 6.58. The highest BCUT2D eigenvalue weighted by Gasteiger charge is 2.43. The van der Waals surface area contributed by atoms with E-state index >= 15 is 0 Å². The lowest BCUT2D eigenvalue weighted by atomic mass is 9.93. The van der Waals surface area contributed by atoms with Gasteiger partial charge in [-0.1, -0.05) is 0 Å². The lowest BCUT2D eigenvalue weighted by Crippen LogP contribution is -2.44. The zero-order chi connectivity index (χ0) is 27.3. The molecule has 1 heterocycles. The van der Waals surface area contributed by atoms with Crippen molar-refractivity contribution in [3.63, 3.8) is 0 Å². The molecular weight excluding hydrogens is 481 g/mol. The summed E-state index contributed by atoms with van der Waals surface area (Å²) in [6.45, 7) is 11.5. The molecule has 1 saturated heterocycles. The second-order valence-electron chi connectivity index (χ2n) is 9.13. The Morgan fingerprint density at radius 1 is 0.541 bits per heavy atom. The van der Waals surface area contributed by atoms with E-state index in [9.17, 15) is 0 Å². The molecular formula is C25H52BN3O8. The van der Waals surface area contributed by atoms with Gasteiger partial charge in [0.25, 0.3) is 0 Å². The van der Waals surface area contributed by atoms with Crippen LogP contribution in [-0.4, -0.2) is 188 Å². The normalized spacial score (nSPS) is 22.2. The van der Waals surface area contributed by atoms with Crippen LogP contribution in [0.1, 0.15) is 0 Å². The van der Waals surface area contributed by atoms with Crippen molar-refractivity contribution in [1.82, 2.24) is 14.7 Å². The molecule has 1 unspecified atom stereocenters. The van der Waals surface area contributed by atoms with Gasteiger partial charge in [0.1, 0.15) is 26.2 Å². The zero-order valence-electron chi connectivity index (χ0n) is 24.1. The van der Waals surface area contributed by atoms with Crippen molar-refractivity contribution < 1.29 is 37.9 Å². The number of hydrogen-bond acceptors (Lipinski definition) is 11. The zero-order valence-corrected chi connectivity index (χ0v) is 24.1. The van der Waals surface area contributed by atoms with E-state index < -0.39 is 6.00 Å². The summed E-state index contributed by atoms with van der Waals surface area (Å²) in [6.07, 6.45) is -0.844. The van der Waals surface area contributed by atoms with Crippen molar-refractivity contribution in [1.29, 1.82) is 0 Å². The van der Waals surface area contributed by atoms with Crippen molar-refractivity contribution in [2.45, 2.75) is 24.3 Å². The molecule has 1 rings (SSSR count). The van der Waals surface area contributed by atoms with Crippen LogP contribution in [0.2, 0.25) is 0 Å². The minimum absolute atomic E-state index is 0.239. The summed E-state index contributed by atoms with van der Waals surface area (Å²) in [5.74, 6) is 0. The third kappa shape index (κ3) is 14.5. The molecule has 0 spiro atoms. The highest BCUT2D eigenvalue weighted by molar-refractivity contribution is 6.11. The topological polar surface area (TPSA) is 83.6 Å². The Balaban J connectivity index is 2.73. The third-order valence-electron chi connectivity index (χ3n) is 6.58. The largest absolute Gasteiger partial charge is 0.383 e. The minimum Gasteiger partial charge on any atom is -0.383 e. The summed E-state index contributed by atoms with van der Waals surface area (Å²) in [5, 5.41) is 0. The molecule has 11 nitrogen and oxygen atoms in total. The van der Waals surface area contributed by atoms with E-state index in [4.69, 9.17) is 45.7 Å². The molecule has 0 bridgehead atoms. The summed E-state index contributed by atoms with van der Waals surface area (Å²) in [4.78, 5) is 7.16. The molecule has 0 amide bonds. The quantitative estimate of drug-likeness (QED) is 0.141. The van der Waals surface area contributed by atoms with Crippen LogP contribution in [0.25, 0.3) is 0 Å². The average Bonchev–Trinajstić information content (AvgIpc) is 3.20. The van der Waals surface area contributed by atoms with Crippen molar-refractivity contribution >= 4 is 7.85 Å². The van der Waals surface area contributed by atoms with Gasteiger partial charge in [-0.3, -0.25) is 14.7 Å². The molecule has 0 aromatic rings. The van der Waals surface area contributed by atoms with Crippen LogP contribution in [-0.2, 0) is 37.9 Å². The van der Waals surface area contributed by atoms with E-state index in [2.05, 4.69) is 14.7 Å². The van der Waals surface area contributed by atoms with Gasteiger partial charge < -0.3 is 37.9 Å². The predicted octanol–water partition coefficient (Wildman–Crippen LogP) is -0.582. The van der Waals surface area contributed by atoms with E-state index in [0.29, 0.717) is 39.6 Å². The molecule has 4 atom stereocenters. The van der Waals surface area contributed by atoms with E-state index in [-0.39, 0.29) is 18.3 Å². The standard InChI is InChI=1S/C25H52BN3O8/c1-30-16-11-28(12-17-31-2)9-7-27(8-10-29(13-18-32-3)14-19-33-4)15-20-36-24-23(35-6)22(21-34-5)37-25(24)26/h22-25H,7-21H2,1-6H3/t22-,23?,24+,25-/m1/s1. The van der Waals surface area contributed by atoms with Gasteiger partial charge in [0, 0.05) is 108 Å². The van der Waals surface area contributed by atoms with Gasteiger partial charge in [0.05, 0.1) is 39.6 Å². The summed E-state index contributed by atoms with van der Waals surface area (Å²) in [7, 11) is 16.4. The SMILES string of the molecule is [B][C@@H]1O[C@H](COC)C(OC)[C@@H]1OCCN(CCN(CCOC)CCOC)CCN(CCOC)CCOC. The van der Waals surface area contributed by atoms with Gasteiger partial charge in [0.2, 0.25) is 0 Å². The lowest BCUT2D eigenvalue weighted by molar-refractivity contribution is -0.0587. The molecule has 0 N–H and O–H groups in total. The Morgan fingerprint density at radius 2 is 0.946 bits per heavy atom. The second-order valence-corrected chi connectivity index (χ2v) is 9.13. The lowest BCUT2D eigenvalue weighted by Gasteiger charge is -2.31. The molecule has 0 aromatic heterocycles. The molecule has 2 radical (unpaired) electrons. The summed E-state index contributed by atoms with van der Waals surface area (Å²) in [5.41, 5.74) is 0. The van der Waals surface area contributed by atoms with Crippen molar-refractivity contribution in [3.8, 4) is 0 Å². The smallest absolute Gasteiger partial charge is 0.113 e. The Morgan fingerprint density at radius 3 is 1.32 bits per heavy atom. The van der Waals surface area contributed by atoms with Gasteiger partial charge in [-0.25, -0.2) is 0 Å². The van der Waals surface area contributed by atoms with Crippen LogP contribution in [0.3, 0.4) is 0 Å². The first-order valence-electron chi connectivity index (χ1n) is 13.2. The molecule has 0 aromatic carbocycles. The number of rotatable bonds is 25. The summed E-state index contributed by atoms with van der Waals surface area (Å²) in [6, 6.07) is -0.546. The summed E-state index contributed by atoms with van der Waals surface area (Å²) >= 11 is 0. The fourth-order valence-electron chi connectivity index (χ4n) is 4.30. The maximum absolute atomic E-state index is 6.22. The van der Waals surface area contributed by atoms with Crippen molar-refractivity contribution in [3.05, 3.63) is 0 Å². The van der Waals surface area contributed by atoms with E-state index in [0.717, 1.165) is 58.9 Å². The van der Waals surface area contributed by atoms with E-state index in [1.54, 1.807) is 42.7 Å². The van der Waals surface area contributed by atoms with Gasteiger partial charge in [-0.05, 0) is 0 Å². The van der Waals surface area contributed by atoms with Crippen LogP contribution >= 0.6 is 0 Å². The molecule has 1 aliphatic rings. The van der Waals surface area contributed by atoms with Crippen LogP contribution in [0.4, 0.5) is 0 Å². The average molecular weight is 534 g/mol. The Hall–Kier alpha value is -0.375. The van der Waals surface area contributed by atoms with Gasteiger partial charge in [-0.2, -0.15) is 0 Å². The molecule has 1 fully saturated rings.